The third-order valence-corrected chi connectivity index (χ3v) is 9.13. The van der Waals surface area contributed by atoms with Gasteiger partial charge in [0.15, 0.2) is 5.82 Å². The zero-order chi connectivity index (χ0) is 31.7. The minimum atomic E-state index is -0.294. The standard InChI is InChI=1S/C34H38ClN7O3/c1-20-23(7-5-8-24(20)26-13-11-21(34(40-26)45-4)17-36-18-22-12-14-30(43)37-22)25-9-6-10-27(31(25)35)39-33(44)32-38-28-19-41(2)16-15-29(28)42(32)3/h5-11,13,22,36H,12,14-19H2,1-4H3,(H,37,43)(H,39,44)/t22-/m0/s1. The van der Waals surface area contributed by atoms with Crippen LogP contribution in [0.1, 0.15) is 46.0 Å². The molecule has 10 nitrogen and oxygen atoms in total. The summed E-state index contributed by atoms with van der Waals surface area (Å²) in [5.41, 5.74) is 7.98. The number of likely N-dealkylation sites (N-methyl/N-ethyl adjacent to an activating group) is 1. The van der Waals surface area contributed by atoms with Gasteiger partial charge in [-0.2, -0.15) is 0 Å². The number of amides is 2. The second-order valence-electron chi connectivity index (χ2n) is 11.8. The summed E-state index contributed by atoms with van der Waals surface area (Å²) in [6.45, 7) is 4.98. The first-order chi connectivity index (χ1) is 21.7. The number of ether oxygens (including phenoxy) is 1. The third kappa shape index (κ3) is 6.31. The fraction of sp³-hybridized carbons (Fsp3) is 0.353. The molecule has 4 aromatic rings. The lowest BCUT2D eigenvalue weighted by molar-refractivity contribution is -0.119. The molecule has 0 unspecified atom stereocenters. The van der Waals surface area contributed by atoms with Gasteiger partial charge < -0.3 is 30.2 Å². The van der Waals surface area contributed by atoms with Crippen molar-refractivity contribution < 1.29 is 14.3 Å². The highest BCUT2D eigenvalue weighted by Crippen LogP contribution is 2.38. The maximum atomic E-state index is 13.4. The molecule has 0 radical (unpaired) electrons. The Kier molecular flexibility index (Phi) is 8.89. The van der Waals surface area contributed by atoms with Crippen molar-refractivity contribution in [1.29, 1.82) is 0 Å². The number of hydrogen-bond acceptors (Lipinski definition) is 7. The first-order valence-corrected chi connectivity index (χ1v) is 15.6. The molecular formula is C34H38ClN7O3. The molecule has 0 saturated carbocycles. The second-order valence-corrected chi connectivity index (χ2v) is 12.2. The van der Waals surface area contributed by atoms with E-state index in [0.29, 0.717) is 41.9 Å². The van der Waals surface area contributed by atoms with Crippen LogP contribution in [0.4, 0.5) is 5.69 Å². The zero-order valence-electron chi connectivity index (χ0n) is 26.0. The fourth-order valence-corrected chi connectivity index (χ4v) is 6.50. The lowest BCUT2D eigenvalue weighted by Crippen LogP contribution is -2.35. The first-order valence-electron chi connectivity index (χ1n) is 15.2. The Labute approximate surface area is 268 Å². The maximum Gasteiger partial charge on any atom is 0.291 e. The van der Waals surface area contributed by atoms with Gasteiger partial charge in [-0.15, -0.1) is 0 Å². The van der Waals surface area contributed by atoms with E-state index in [-0.39, 0.29) is 17.9 Å². The van der Waals surface area contributed by atoms with E-state index in [2.05, 4.69) is 32.9 Å². The van der Waals surface area contributed by atoms with E-state index in [1.165, 1.54) is 0 Å². The number of methoxy groups -OCH3 is 1. The molecular weight excluding hydrogens is 590 g/mol. The van der Waals surface area contributed by atoms with Crippen molar-refractivity contribution in [1.82, 2.24) is 30.1 Å². The Morgan fingerprint density at radius 3 is 2.62 bits per heavy atom. The molecule has 6 rings (SSSR count). The van der Waals surface area contributed by atoms with E-state index in [9.17, 15) is 9.59 Å². The van der Waals surface area contributed by atoms with E-state index in [0.717, 1.165) is 70.8 Å². The molecule has 11 heteroatoms. The quantitative estimate of drug-likeness (QED) is 0.246. The molecule has 1 fully saturated rings. The molecule has 0 bridgehead atoms. The number of aromatic nitrogens is 3. The smallest absolute Gasteiger partial charge is 0.291 e. The highest BCUT2D eigenvalue weighted by Gasteiger charge is 2.25. The van der Waals surface area contributed by atoms with Gasteiger partial charge in [-0.3, -0.25) is 9.59 Å². The van der Waals surface area contributed by atoms with Crippen LogP contribution in [-0.4, -0.2) is 64.5 Å². The minimum absolute atomic E-state index is 0.108. The molecule has 2 aromatic heterocycles. The summed E-state index contributed by atoms with van der Waals surface area (Å²) in [5, 5.41) is 9.84. The van der Waals surface area contributed by atoms with Crippen LogP contribution in [0, 0.1) is 6.92 Å². The van der Waals surface area contributed by atoms with Crippen molar-refractivity contribution in [2.45, 2.75) is 45.3 Å². The SMILES string of the molecule is COc1nc(-c2cccc(-c3cccc(NC(=O)c4nc5c(n4C)CCN(C)C5)c3Cl)c2C)ccc1CNC[C@@H]1CCC(=O)N1. The summed E-state index contributed by atoms with van der Waals surface area (Å²) in [5.74, 6) is 0.735. The Bertz CT molecular complexity index is 1770. The molecule has 2 aromatic carbocycles. The lowest BCUT2D eigenvalue weighted by Gasteiger charge is -2.21. The summed E-state index contributed by atoms with van der Waals surface area (Å²) in [7, 11) is 5.57. The normalized spacial score (nSPS) is 16.4. The number of anilines is 1. The fourth-order valence-electron chi connectivity index (χ4n) is 6.22. The van der Waals surface area contributed by atoms with Gasteiger partial charge in [0.05, 0.1) is 29.2 Å². The van der Waals surface area contributed by atoms with Crippen LogP contribution in [0.15, 0.2) is 48.5 Å². The summed E-state index contributed by atoms with van der Waals surface area (Å²) in [4.78, 5) is 36.5. The second kappa shape index (κ2) is 13.0. The van der Waals surface area contributed by atoms with E-state index in [4.69, 9.17) is 21.3 Å². The Hall–Kier alpha value is -4.25. The van der Waals surface area contributed by atoms with Crippen molar-refractivity contribution >= 4 is 29.1 Å². The molecule has 3 N–H and O–H groups in total. The molecule has 2 aliphatic heterocycles. The zero-order valence-corrected chi connectivity index (χ0v) is 26.8. The van der Waals surface area contributed by atoms with Gasteiger partial charge in [0.1, 0.15) is 0 Å². The summed E-state index contributed by atoms with van der Waals surface area (Å²) >= 11 is 6.96. The van der Waals surface area contributed by atoms with Gasteiger partial charge >= 0.3 is 0 Å². The number of hydrogen-bond donors (Lipinski definition) is 3. The van der Waals surface area contributed by atoms with Crippen LogP contribution in [-0.2, 0) is 31.4 Å². The molecule has 0 spiro atoms. The Morgan fingerprint density at radius 2 is 1.84 bits per heavy atom. The van der Waals surface area contributed by atoms with E-state index in [1.807, 2.05) is 61.0 Å². The highest BCUT2D eigenvalue weighted by atomic mass is 35.5. The largest absolute Gasteiger partial charge is 0.481 e. The lowest BCUT2D eigenvalue weighted by atomic mass is 9.94. The van der Waals surface area contributed by atoms with Crippen molar-refractivity contribution in [3.05, 3.63) is 81.9 Å². The predicted molar refractivity (Wildman–Crippen MR) is 175 cm³/mol. The van der Waals surface area contributed by atoms with E-state index < -0.39 is 0 Å². The number of fused-ring (bicyclic) bond motifs is 1. The molecule has 1 saturated heterocycles. The maximum absolute atomic E-state index is 13.4. The number of carbonyl (C=O) groups excluding carboxylic acids is 2. The van der Waals surface area contributed by atoms with Gasteiger partial charge in [0, 0.05) is 74.5 Å². The van der Waals surface area contributed by atoms with Crippen molar-refractivity contribution in [2.75, 3.05) is 32.6 Å². The van der Waals surface area contributed by atoms with Crippen molar-refractivity contribution in [3.8, 4) is 28.3 Å². The summed E-state index contributed by atoms with van der Waals surface area (Å²) in [6, 6.07) is 15.8. The first kappa shape index (κ1) is 30.8. The topological polar surface area (TPSA) is 113 Å². The van der Waals surface area contributed by atoms with Gasteiger partial charge in [-0.05, 0) is 43.7 Å². The molecule has 0 aliphatic carbocycles. The van der Waals surface area contributed by atoms with Gasteiger partial charge in [0.25, 0.3) is 5.91 Å². The molecule has 234 valence electrons. The predicted octanol–water partition coefficient (Wildman–Crippen LogP) is 4.73. The molecule has 4 heterocycles. The number of imidazole rings is 1. The number of benzene rings is 2. The van der Waals surface area contributed by atoms with Crippen molar-refractivity contribution in [3.63, 3.8) is 0 Å². The van der Waals surface area contributed by atoms with Crippen molar-refractivity contribution in [2.24, 2.45) is 7.05 Å². The number of halogens is 1. The van der Waals surface area contributed by atoms with Gasteiger partial charge in [-0.1, -0.05) is 48.0 Å². The Balaban J connectivity index is 1.22. The summed E-state index contributed by atoms with van der Waals surface area (Å²) in [6.07, 6.45) is 2.29. The van der Waals surface area contributed by atoms with E-state index in [1.54, 1.807) is 13.2 Å². The van der Waals surface area contributed by atoms with Gasteiger partial charge in [-0.25, -0.2) is 9.97 Å². The van der Waals surface area contributed by atoms with Crippen LogP contribution in [0.5, 0.6) is 5.88 Å². The number of rotatable bonds is 9. The Morgan fingerprint density at radius 1 is 1.07 bits per heavy atom. The summed E-state index contributed by atoms with van der Waals surface area (Å²) < 4.78 is 7.55. The average molecular weight is 628 g/mol. The highest BCUT2D eigenvalue weighted by molar-refractivity contribution is 6.36. The van der Waals surface area contributed by atoms with Crippen LogP contribution in [0.2, 0.25) is 5.02 Å². The average Bonchev–Trinajstić information content (AvgIpc) is 3.60. The van der Waals surface area contributed by atoms with Crippen LogP contribution in [0.3, 0.4) is 0 Å². The molecule has 2 amide bonds. The van der Waals surface area contributed by atoms with E-state index >= 15 is 0 Å². The van der Waals surface area contributed by atoms with Gasteiger partial charge in [0.2, 0.25) is 11.8 Å². The molecule has 1 atom stereocenters. The number of carbonyl (C=O) groups is 2. The number of pyridine rings is 1. The number of nitrogens with zero attached hydrogens (tertiary/aromatic N) is 4. The molecule has 2 aliphatic rings. The third-order valence-electron chi connectivity index (χ3n) is 8.72. The monoisotopic (exact) mass is 627 g/mol. The molecule has 45 heavy (non-hydrogen) atoms. The number of nitrogens with one attached hydrogen (secondary N) is 3. The van der Waals surface area contributed by atoms with Crippen LogP contribution < -0.4 is 20.7 Å². The van der Waals surface area contributed by atoms with Crippen LogP contribution >= 0.6 is 11.6 Å². The minimum Gasteiger partial charge on any atom is -0.481 e. The van der Waals surface area contributed by atoms with Crippen LogP contribution in [0.25, 0.3) is 22.4 Å².